The molecule has 4 nitrogen and oxygen atoms in total. The maximum atomic E-state index is 11.7. The number of carbonyl (C=O) groups excluding carboxylic acids is 1. The Hall–Kier alpha value is -1.49. The van der Waals surface area contributed by atoms with Gasteiger partial charge >= 0.3 is 5.97 Å². The summed E-state index contributed by atoms with van der Waals surface area (Å²) in [6.45, 7) is 3.87. The van der Waals surface area contributed by atoms with Crippen molar-refractivity contribution in [3.8, 4) is 0 Å². The van der Waals surface area contributed by atoms with Crippen LogP contribution >= 0.6 is 11.8 Å². The average molecular weight is 295 g/mol. The van der Waals surface area contributed by atoms with E-state index in [1.807, 2.05) is 44.2 Å². The molecule has 1 rings (SSSR count). The molecule has 1 amide bonds. The lowest BCUT2D eigenvalue weighted by molar-refractivity contribution is -0.141. The van der Waals surface area contributed by atoms with Crippen LogP contribution in [-0.2, 0) is 15.3 Å². The molecule has 0 heterocycles. The molecule has 0 spiro atoms. The number of rotatable bonds is 8. The van der Waals surface area contributed by atoms with Gasteiger partial charge in [-0.15, -0.1) is 11.8 Å². The smallest absolute Gasteiger partial charge is 0.326 e. The van der Waals surface area contributed by atoms with Crippen LogP contribution in [0.3, 0.4) is 0 Å². The molecule has 1 aromatic carbocycles. The topological polar surface area (TPSA) is 66.4 Å². The first-order valence-corrected chi connectivity index (χ1v) is 7.78. The highest BCUT2D eigenvalue weighted by Gasteiger charge is 2.20. The summed E-state index contributed by atoms with van der Waals surface area (Å²) in [4.78, 5) is 22.8. The van der Waals surface area contributed by atoms with E-state index in [1.54, 1.807) is 0 Å². The molecule has 1 atom stereocenters. The molecule has 0 saturated carbocycles. The molecular weight excluding hydrogens is 274 g/mol. The Balaban J connectivity index is 2.33. The fourth-order valence-corrected chi connectivity index (χ4v) is 2.56. The summed E-state index contributed by atoms with van der Waals surface area (Å²) in [6.07, 6.45) is 0.449. The molecule has 0 aliphatic heterocycles. The van der Waals surface area contributed by atoms with Crippen LogP contribution in [-0.4, -0.2) is 28.8 Å². The number of hydrogen-bond acceptors (Lipinski definition) is 3. The number of amides is 1. The van der Waals surface area contributed by atoms with E-state index in [-0.39, 0.29) is 17.6 Å². The zero-order chi connectivity index (χ0) is 15.0. The van der Waals surface area contributed by atoms with Crippen LogP contribution in [0.25, 0.3) is 0 Å². The van der Waals surface area contributed by atoms with Crippen LogP contribution < -0.4 is 5.32 Å². The fourth-order valence-electron chi connectivity index (χ4n) is 1.76. The molecule has 0 bridgehead atoms. The van der Waals surface area contributed by atoms with Gasteiger partial charge in [0.05, 0.1) is 5.75 Å². The number of nitrogens with one attached hydrogen (secondary N) is 1. The molecule has 1 aromatic rings. The largest absolute Gasteiger partial charge is 0.480 e. The van der Waals surface area contributed by atoms with Gasteiger partial charge in [-0.25, -0.2) is 4.79 Å². The lowest BCUT2D eigenvalue weighted by Crippen LogP contribution is -2.42. The van der Waals surface area contributed by atoms with Crippen LogP contribution in [0.5, 0.6) is 0 Å². The van der Waals surface area contributed by atoms with Gasteiger partial charge in [0.2, 0.25) is 5.91 Å². The van der Waals surface area contributed by atoms with E-state index in [1.165, 1.54) is 11.8 Å². The van der Waals surface area contributed by atoms with Crippen LogP contribution in [0.4, 0.5) is 0 Å². The predicted octanol–water partition coefficient (Wildman–Crippen LogP) is 2.54. The Morgan fingerprint density at radius 2 is 1.90 bits per heavy atom. The monoisotopic (exact) mass is 295 g/mol. The highest BCUT2D eigenvalue weighted by atomic mass is 32.2. The molecule has 0 saturated heterocycles. The number of carboxylic acids is 1. The molecule has 110 valence electrons. The van der Waals surface area contributed by atoms with Gasteiger partial charge in [-0.1, -0.05) is 44.2 Å². The molecule has 5 heteroatoms. The van der Waals surface area contributed by atoms with E-state index in [9.17, 15) is 9.59 Å². The van der Waals surface area contributed by atoms with Crippen LogP contribution in [0.2, 0.25) is 0 Å². The SMILES string of the molecule is CC(C)C[C@@H](NC(=O)CSCc1ccccc1)C(=O)O. The molecular formula is C15H21NO3S. The van der Waals surface area contributed by atoms with E-state index < -0.39 is 12.0 Å². The highest BCUT2D eigenvalue weighted by molar-refractivity contribution is 7.99. The van der Waals surface area contributed by atoms with Crippen molar-refractivity contribution in [3.05, 3.63) is 35.9 Å². The van der Waals surface area contributed by atoms with Crippen molar-refractivity contribution in [2.75, 3.05) is 5.75 Å². The second-order valence-electron chi connectivity index (χ2n) is 5.07. The summed E-state index contributed by atoms with van der Waals surface area (Å²) < 4.78 is 0. The van der Waals surface area contributed by atoms with Gasteiger partial charge in [0.1, 0.15) is 6.04 Å². The van der Waals surface area contributed by atoms with Gasteiger partial charge in [0.15, 0.2) is 0 Å². The van der Waals surface area contributed by atoms with Gasteiger partial charge < -0.3 is 10.4 Å². The van der Waals surface area contributed by atoms with Gasteiger partial charge in [0, 0.05) is 5.75 Å². The second kappa shape index (κ2) is 8.64. The summed E-state index contributed by atoms with van der Waals surface area (Å²) in [5.74, 6) is 0.0555. The molecule has 0 aliphatic rings. The van der Waals surface area contributed by atoms with E-state index >= 15 is 0 Å². The Morgan fingerprint density at radius 1 is 1.25 bits per heavy atom. The molecule has 20 heavy (non-hydrogen) atoms. The molecule has 0 aliphatic carbocycles. The molecule has 0 unspecified atom stereocenters. The van der Waals surface area contributed by atoms with Crippen molar-refractivity contribution in [3.63, 3.8) is 0 Å². The van der Waals surface area contributed by atoms with Crippen molar-refractivity contribution in [2.45, 2.75) is 32.1 Å². The number of aliphatic carboxylic acids is 1. The van der Waals surface area contributed by atoms with E-state index in [0.717, 1.165) is 11.3 Å². The second-order valence-corrected chi connectivity index (χ2v) is 6.05. The Morgan fingerprint density at radius 3 is 2.45 bits per heavy atom. The van der Waals surface area contributed by atoms with Gasteiger partial charge in [-0.3, -0.25) is 4.79 Å². The third-order valence-electron chi connectivity index (χ3n) is 2.69. The number of benzene rings is 1. The minimum absolute atomic E-state index is 0.223. The van der Waals surface area contributed by atoms with Gasteiger partial charge in [-0.05, 0) is 17.9 Å². The summed E-state index contributed by atoms with van der Waals surface area (Å²) in [6, 6.07) is 9.08. The molecule has 0 aromatic heterocycles. The van der Waals surface area contributed by atoms with Crippen molar-refractivity contribution in [1.29, 1.82) is 0 Å². The normalized spacial score (nSPS) is 12.2. The first-order chi connectivity index (χ1) is 9.49. The summed E-state index contributed by atoms with van der Waals surface area (Å²) in [5, 5.41) is 11.6. The van der Waals surface area contributed by atoms with Crippen LogP contribution in [0, 0.1) is 5.92 Å². The van der Waals surface area contributed by atoms with E-state index in [4.69, 9.17) is 5.11 Å². The Labute approximate surface area is 124 Å². The lowest BCUT2D eigenvalue weighted by atomic mass is 10.0. The Bertz CT molecular complexity index is 434. The Kier molecular flexibility index (Phi) is 7.15. The molecule has 2 N–H and O–H groups in total. The first-order valence-electron chi connectivity index (χ1n) is 6.63. The number of hydrogen-bond donors (Lipinski definition) is 2. The fraction of sp³-hybridized carbons (Fsp3) is 0.467. The number of thioether (sulfide) groups is 1. The lowest BCUT2D eigenvalue weighted by Gasteiger charge is -2.16. The van der Waals surface area contributed by atoms with Crippen LogP contribution in [0.15, 0.2) is 30.3 Å². The van der Waals surface area contributed by atoms with Crippen molar-refractivity contribution < 1.29 is 14.7 Å². The van der Waals surface area contributed by atoms with Crippen molar-refractivity contribution in [1.82, 2.24) is 5.32 Å². The third-order valence-corrected chi connectivity index (χ3v) is 3.69. The summed E-state index contributed by atoms with van der Waals surface area (Å²) in [7, 11) is 0. The predicted molar refractivity (Wildman–Crippen MR) is 81.6 cm³/mol. The standard InChI is InChI=1S/C15H21NO3S/c1-11(2)8-13(15(18)19)16-14(17)10-20-9-12-6-4-3-5-7-12/h3-7,11,13H,8-10H2,1-2H3,(H,16,17)(H,18,19)/t13-/m1/s1. The maximum Gasteiger partial charge on any atom is 0.326 e. The van der Waals surface area contributed by atoms with Crippen LogP contribution in [0.1, 0.15) is 25.8 Å². The average Bonchev–Trinajstić information content (AvgIpc) is 2.38. The quantitative estimate of drug-likeness (QED) is 0.773. The number of carboxylic acid groups (broad SMARTS) is 1. The first kappa shape index (κ1) is 16.6. The van der Waals surface area contributed by atoms with Crippen molar-refractivity contribution in [2.24, 2.45) is 5.92 Å². The van der Waals surface area contributed by atoms with Crippen molar-refractivity contribution >= 4 is 23.6 Å². The van der Waals surface area contributed by atoms with Gasteiger partial charge in [0.25, 0.3) is 0 Å². The zero-order valence-corrected chi connectivity index (χ0v) is 12.7. The molecule has 0 radical (unpaired) electrons. The summed E-state index contributed by atoms with van der Waals surface area (Å²) in [5.41, 5.74) is 1.15. The zero-order valence-electron chi connectivity index (χ0n) is 11.8. The minimum Gasteiger partial charge on any atom is -0.480 e. The highest BCUT2D eigenvalue weighted by Crippen LogP contribution is 2.11. The third kappa shape index (κ3) is 6.61. The molecule has 0 fully saturated rings. The minimum atomic E-state index is -0.972. The maximum absolute atomic E-state index is 11.7. The number of carbonyl (C=O) groups is 2. The summed E-state index contributed by atoms with van der Waals surface area (Å²) >= 11 is 1.48. The van der Waals surface area contributed by atoms with Gasteiger partial charge in [-0.2, -0.15) is 0 Å². The van der Waals surface area contributed by atoms with E-state index in [0.29, 0.717) is 6.42 Å². The van der Waals surface area contributed by atoms with E-state index in [2.05, 4.69) is 5.32 Å².